The molecule has 2 aliphatic carbocycles. The van der Waals surface area contributed by atoms with Gasteiger partial charge in [-0.3, -0.25) is 0 Å². The van der Waals surface area contributed by atoms with Gasteiger partial charge in [0.25, 0.3) is 0 Å². The Kier molecular flexibility index (Phi) is 2.23. The molecule has 15 heavy (non-hydrogen) atoms. The average Bonchev–Trinajstić information content (AvgIpc) is 3.09. The predicted octanol–water partition coefficient (Wildman–Crippen LogP) is 2.68. The Morgan fingerprint density at radius 3 is 2.27 bits per heavy atom. The van der Waals surface area contributed by atoms with E-state index in [0.717, 1.165) is 30.1 Å². The molecule has 1 aromatic rings. The van der Waals surface area contributed by atoms with E-state index < -0.39 is 0 Å². The van der Waals surface area contributed by atoms with E-state index in [9.17, 15) is 0 Å². The van der Waals surface area contributed by atoms with Crippen LogP contribution < -0.4 is 0 Å². The molecule has 0 bridgehead atoms. The third-order valence-electron chi connectivity index (χ3n) is 3.74. The Hall–Kier alpha value is -0.570. The van der Waals surface area contributed by atoms with Crippen molar-refractivity contribution >= 4 is 11.6 Å². The molecule has 2 aliphatic rings. The second-order valence-electron chi connectivity index (χ2n) is 4.97. The number of hydrogen-bond acceptors (Lipinski definition) is 2. The van der Waals surface area contributed by atoms with E-state index in [4.69, 9.17) is 11.6 Å². The third kappa shape index (κ3) is 1.89. The summed E-state index contributed by atoms with van der Waals surface area (Å²) >= 11 is 6.03. The Labute approximate surface area is 94.8 Å². The average molecular weight is 226 g/mol. The minimum atomic E-state index is 0.554. The van der Waals surface area contributed by atoms with Gasteiger partial charge in [0.2, 0.25) is 5.28 Å². The molecule has 0 amide bonds. The smallest absolute Gasteiger partial charge is 0.225 e. The van der Waals surface area contributed by atoms with Gasteiger partial charge in [0.15, 0.2) is 0 Å². The lowest BCUT2D eigenvalue weighted by Gasteiger charge is -2.16. The summed E-state index contributed by atoms with van der Waals surface area (Å²) in [6.07, 6.45) is 5.67. The van der Waals surface area contributed by atoms with Crippen LogP contribution in [0.15, 0.2) is 0 Å². The van der Waals surface area contributed by atoms with E-state index in [2.05, 4.69) is 14.8 Å². The van der Waals surface area contributed by atoms with Crippen molar-refractivity contribution in [2.45, 2.75) is 39.2 Å². The zero-order valence-electron chi connectivity index (χ0n) is 8.99. The molecule has 0 radical (unpaired) electrons. The van der Waals surface area contributed by atoms with Crippen LogP contribution in [0.3, 0.4) is 0 Å². The van der Waals surface area contributed by atoms with Gasteiger partial charge >= 0.3 is 0 Å². The topological polar surface area (TPSA) is 30.7 Å². The lowest BCUT2D eigenvalue weighted by molar-refractivity contribution is 0.346. The zero-order chi connectivity index (χ0) is 10.4. The summed E-state index contributed by atoms with van der Waals surface area (Å²) in [5.41, 5.74) is 0. The second kappa shape index (κ2) is 3.48. The highest BCUT2D eigenvalue weighted by molar-refractivity contribution is 6.28. The second-order valence-corrected chi connectivity index (χ2v) is 5.30. The minimum Gasteiger partial charge on any atom is -0.302 e. The van der Waals surface area contributed by atoms with Crippen molar-refractivity contribution in [1.29, 1.82) is 0 Å². The van der Waals surface area contributed by atoms with Crippen LogP contribution in [0.4, 0.5) is 0 Å². The first-order chi connectivity index (χ1) is 7.25. The van der Waals surface area contributed by atoms with Crippen molar-refractivity contribution in [3.05, 3.63) is 11.1 Å². The van der Waals surface area contributed by atoms with E-state index in [0.29, 0.717) is 5.28 Å². The molecule has 2 saturated carbocycles. The van der Waals surface area contributed by atoms with E-state index in [1.165, 1.54) is 25.7 Å². The highest BCUT2D eigenvalue weighted by atomic mass is 35.5. The molecule has 0 spiro atoms. The molecule has 0 atom stereocenters. The van der Waals surface area contributed by atoms with Crippen LogP contribution in [0.5, 0.6) is 0 Å². The standard InChI is InChI=1S/C11H16ClN3/c1-7-13-14-11(12)15(7)6-10(8-2-3-8)9-4-5-9/h8-10H,2-6H2,1H3. The molecule has 0 unspecified atom stereocenters. The maximum atomic E-state index is 6.03. The van der Waals surface area contributed by atoms with Gasteiger partial charge in [-0.1, -0.05) is 0 Å². The molecule has 3 nitrogen and oxygen atoms in total. The number of rotatable bonds is 4. The summed E-state index contributed by atoms with van der Waals surface area (Å²) in [5, 5.41) is 8.47. The first-order valence-electron chi connectivity index (χ1n) is 5.81. The van der Waals surface area contributed by atoms with E-state index in [1.807, 2.05) is 6.92 Å². The summed E-state index contributed by atoms with van der Waals surface area (Å²) in [6.45, 7) is 3.02. The van der Waals surface area contributed by atoms with E-state index in [-0.39, 0.29) is 0 Å². The van der Waals surface area contributed by atoms with Crippen molar-refractivity contribution in [3.63, 3.8) is 0 Å². The van der Waals surface area contributed by atoms with Gasteiger partial charge in [0, 0.05) is 6.54 Å². The molecular weight excluding hydrogens is 210 g/mol. The first kappa shape index (κ1) is 9.64. The van der Waals surface area contributed by atoms with Crippen LogP contribution >= 0.6 is 11.6 Å². The quantitative estimate of drug-likeness (QED) is 0.789. The maximum absolute atomic E-state index is 6.03. The van der Waals surface area contributed by atoms with Crippen LogP contribution in [0, 0.1) is 24.7 Å². The fourth-order valence-corrected chi connectivity index (χ4v) is 2.73. The summed E-state index contributed by atoms with van der Waals surface area (Å²) in [6, 6.07) is 0. The molecule has 0 N–H and O–H groups in total. The fourth-order valence-electron chi connectivity index (χ4n) is 2.51. The minimum absolute atomic E-state index is 0.554. The summed E-state index contributed by atoms with van der Waals surface area (Å²) in [5.74, 6) is 3.69. The van der Waals surface area contributed by atoms with Crippen LogP contribution in [0.1, 0.15) is 31.5 Å². The van der Waals surface area contributed by atoms with Crippen LogP contribution in [0.25, 0.3) is 0 Å². The molecule has 82 valence electrons. The predicted molar refractivity (Wildman–Crippen MR) is 58.7 cm³/mol. The van der Waals surface area contributed by atoms with Gasteiger partial charge in [-0.15, -0.1) is 10.2 Å². The molecule has 1 heterocycles. The maximum Gasteiger partial charge on any atom is 0.225 e. The normalized spacial score (nSPS) is 21.3. The van der Waals surface area contributed by atoms with Crippen molar-refractivity contribution < 1.29 is 0 Å². The Bertz CT molecular complexity index is 334. The fraction of sp³-hybridized carbons (Fsp3) is 0.818. The Morgan fingerprint density at radius 2 is 1.87 bits per heavy atom. The van der Waals surface area contributed by atoms with E-state index >= 15 is 0 Å². The summed E-state index contributed by atoms with van der Waals surface area (Å²) < 4.78 is 2.07. The molecule has 0 saturated heterocycles. The van der Waals surface area contributed by atoms with E-state index in [1.54, 1.807) is 0 Å². The molecular formula is C11H16ClN3. The third-order valence-corrected chi connectivity index (χ3v) is 4.02. The lowest BCUT2D eigenvalue weighted by atomic mass is 9.98. The molecule has 1 aromatic heterocycles. The molecule has 0 aliphatic heterocycles. The van der Waals surface area contributed by atoms with Crippen molar-refractivity contribution in [2.75, 3.05) is 0 Å². The molecule has 2 fully saturated rings. The highest BCUT2D eigenvalue weighted by Crippen LogP contribution is 2.50. The van der Waals surface area contributed by atoms with Crippen molar-refractivity contribution in [1.82, 2.24) is 14.8 Å². The van der Waals surface area contributed by atoms with Crippen LogP contribution in [-0.2, 0) is 6.54 Å². The van der Waals surface area contributed by atoms with Gasteiger partial charge in [0.1, 0.15) is 5.82 Å². The molecule has 3 rings (SSSR count). The number of halogens is 1. The molecule has 0 aromatic carbocycles. The monoisotopic (exact) mass is 225 g/mol. The number of aromatic nitrogens is 3. The van der Waals surface area contributed by atoms with Gasteiger partial charge < -0.3 is 4.57 Å². The number of nitrogens with zero attached hydrogens (tertiary/aromatic N) is 3. The Balaban J connectivity index is 1.77. The Morgan fingerprint density at radius 1 is 1.27 bits per heavy atom. The summed E-state index contributed by atoms with van der Waals surface area (Å²) in [7, 11) is 0. The zero-order valence-corrected chi connectivity index (χ0v) is 9.74. The number of hydrogen-bond donors (Lipinski definition) is 0. The summed E-state index contributed by atoms with van der Waals surface area (Å²) in [4.78, 5) is 0. The lowest BCUT2D eigenvalue weighted by Crippen LogP contribution is -2.16. The van der Waals surface area contributed by atoms with Gasteiger partial charge in [-0.2, -0.15) is 0 Å². The van der Waals surface area contributed by atoms with Gasteiger partial charge in [-0.05, 0) is 62.0 Å². The largest absolute Gasteiger partial charge is 0.302 e. The van der Waals surface area contributed by atoms with Crippen molar-refractivity contribution in [3.8, 4) is 0 Å². The highest BCUT2D eigenvalue weighted by Gasteiger charge is 2.41. The first-order valence-corrected chi connectivity index (χ1v) is 6.19. The molecule has 4 heteroatoms. The van der Waals surface area contributed by atoms with Gasteiger partial charge in [-0.25, -0.2) is 0 Å². The van der Waals surface area contributed by atoms with Crippen LogP contribution in [0.2, 0.25) is 5.28 Å². The number of aryl methyl sites for hydroxylation is 1. The van der Waals surface area contributed by atoms with Gasteiger partial charge in [0.05, 0.1) is 0 Å². The SMILES string of the molecule is Cc1nnc(Cl)n1CC(C1CC1)C1CC1. The van der Waals surface area contributed by atoms with Crippen LogP contribution in [-0.4, -0.2) is 14.8 Å². The van der Waals surface area contributed by atoms with Crippen molar-refractivity contribution in [2.24, 2.45) is 17.8 Å².